The first-order valence-corrected chi connectivity index (χ1v) is 10.3. The number of benzene rings is 2. The molecular weight excluding hydrogens is 559 g/mol. The van der Waals surface area contributed by atoms with Gasteiger partial charge in [-0.05, 0) is 46.3 Å². The van der Waals surface area contributed by atoms with E-state index in [9.17, 15) is 2.74 Å². The van der Waals surface area contributed by atoms with Crippen molar-refractivity contribution in [2.24, 2.45) is 5.41 Å². The van der Waals surface area contributed by atoms with Crippen molar-refractivity contribution < 1.29 is 31.1 Å². The maximum atomic E-state index is 9.48. The number of fused-ring (bicyclic) bond motifs is 6. The molecule has 0 N–H and O–H groups in total. The van der Waals surface area contributed by atoms with Gasteiger partial charge >= 0.3 is 0 Å². The van der Waals surface area contributed by atoms with Gasteiger partial charge in [0, 0.05) is 32.4 Å². The summed E-state index contributed by atoms with van der Waals surface area (Å²) in [6.07, 6.45) is 0. The van der Waals surface area contributed by atoms with E-state index >= 15 is 0 Å². The van der Waals surface area contributed by atoms with Gasteiger partial charge in [0.25, 0.3) is 0 Å². The van der Waals surface area contributed by atoms with Gasteiger partial charge in [-0.3, -0.25) is 9.97 Å². The van der Waals surface area contributed by atoms with Crippen molar-refractivity contribution in [3.8, 4) is 0 Å². The Morgan fingerprint density at radius 1 is 1.00 bits per heavy atom. The fourth-order valence-corrected chi connectivity index (χ4v) is 4.83. The van der Waals surface area contributed by atoms with Gasteiger partial charge in [-0.15, -0.1) is 24.2 Å². The number of hydrogen-bond acceptors (Lipinski definition) is 2. The molecule has 31 heavy (non-hydrogen) atoms. The van der Waals surface area contributed by atoms with Crippen molar-refractivity contribution in [3.05, 3.63) is 53.2 Å². The van der Waals surface area contributed by atoms with E-state index in [2.05, 4.69) is 52.6 Å². The van der Waals surface area contributed by atoms with E-state index in [-0.39, 0.29) is 89.1 Å². The molecule has 1 radical (unpaired) electrons. The molecule has 0 amide bonds. The van der Waals surface area contributed by atoms with Crippen molar-refractivity contribution in [3.63, 3.8) is 0 Å². The molecule has 4 heteroatoms. The minimum absolute atomic E-state index is 0. The summed E-state index contributed by atoms with van der Waals surface area (Å²) in [6.45, 7) is 13.2. The summed E-state index contributed by atoms with van der Waals surface area (Å²) < 4.78 is 70.0. The Labute approximate surface area is 210 Å². The molecule has 0 fully saturated rings. The number of hydrogen-bond donors (Lipinski definition) is 0. The molecule has 0 saturated carbocycles. The van der Waals surface area contributed by atoms with Gasteiger partial charge in [-0.1, -0.05) is 67.6 Å². The number of rotatable bonds is 0. The average Bonchev–Trinajstić information content (AvgIpc) is 3.23. The maximum absolute atomic E-state index is 9.48. The van der Waals surface area contributed by atoms with Gasteiger partial charge in [0.2, 0.25) is 0 Å². The van der Waals surface area contributed by atoms with E-state index in [1.165, 1.54) is 18.2 Å². The summed E-state index contributed by atoms with van der Waals surface area (Å²) in [7, 11) is 0. The van der Waals surface area contributed by atoms with Crippen LogP contribution in [0.1, 0.15) is 90.2 Å². The van der Waals surface area contributed by atoms with Gasteiger partial charge in [-0.25, -0.2) is 0 Å². The molecule has 0 bridgehead atoms. The van der Waals surface area contributed by atoms with Gasteiger partial charge in [-0.2, -0.15) is 0 Å². The molecular formula is C27H32IrN3-. The summed E-state index contributed by atoms with van der Waals surface area (Å²) in [4.78, 5) is 9.40. The van der Waals surface area contributed by atoms with Crippen LogP contribution in [0.2, 0.25) is 0 Å². The quantitative estimate of drug-likeness (QED) is 0.210. The van der Waals surface area contributed by atoms with Crippen LogP contribution in [0, 0.1) is 11.5 Å². The van der Waals surface area contributed by atoms with E-state index in [0.717, 1.165) is 11.1 Å². The number of nitrogens with zero attached hydrogens (tertiary/aromatic N) is 3. The predicted octanol–water partition coefficient (Wildman–Crippen LogP) is 6.73. The standard InChI is InChI=1S/C27H32N3.Ir/c1-24(2,3)23-29-19-13-11-10-12-16(19)22-28-20-14-17-18(15-21(20)30(22)23)26(6,7)27(8,9)25(17,4)5;/h10-11,13-15H,1-9H3;/q-1;/i1D3,10D,11D,13D,14D,15D;. The Bertz CT molecular complexity index is 1710. The minimum atomic E-state index is -2.51. The minimum Gasteiger partial charge on any atom is -0.321 e. The van der Waals surface area contributed by atoms with Crippen molar-refractivity contribution in [1.82, 2.24) is 14.4 Å². The van der Waals surface area contributed by atoms with Crippen molar-refractivity contribution in [2.45, 2.75) is 78.5 Å². The first kappa shape index (κ1) is 14.4. The fraction of sp³-hybridized carbons (Fsp3) is 0.481. The number of imidazole rings is 1. The molecule has 1 aliphatic rings. The van der Waals surface area contributed by atoms with Crippen LogP contribution in [0.5, 0.6) is 0 Å². The molecule has 1 aliphatic carbocycles. The SMILES string of the molecule is [2H]c1[c-]c2c(nc(C(C)(C)C([2H])([2H])[2H])n3c2nc2c([2H])c4c(c([2H])c23)C(C)(C)C(C)(C)C4(C)C)c([2H])c1[2H].[Ir]. The van der Waals surface area contributed by atoms with E-state index in [4.69, 9.17) is 13.2 Å². The molecule has 5 rings (SSSR count). The zero-order valence-corrected chi connectivity index (χ0v) is 21.6. The van der Waals surface area contributed by atoms with E-state index in [0.29, 0.717) is 0 Å². The molecule has 0 spiro atoms. The van der Waals surface area contributed by atoms with Gasteiger partial charge in [0.15, 0.2) is 0 Å². The Hall–Kier alpha value is -1.77. The zero-order valence-electron chi connectivity index (χ0n) is 27.2. The van der Waals surface area contributed by atoms with Crippen LogP contribution in [0.15, 0.2) is 30.2 Å². The second-order valence-electron chi connectivity index (χ2n) is 10.6. The third-order valence-corrected chi connectivity index (χ3v) is 7.87. The fourth-order valence-electron chi connectivity index (χ4n) is 4.83. The Morgan fingerprint density at radius 3 is 2.29 bits per heavy atom. The van der Waals surface area contributed by atoms with E-state index in [1.54, 1.807) is 0 Å². The van der Waals surface area contributed by atoms with Crippen LogP contribution >= 0.6 is 0 Å². The van der Waals surface area contributed by atoms with Crippen LogP contribution in [-0.4, -0.2) is 14.4 Å². The first-order chi connectivity index (χ1) is 17.1. The molecule has 3 nitrogen and oxygen atoms in total. The number of aromatic nitrogens is 3. The molecule has 0 atom stereocenters. The largest absolute Gasteiger partial charge is 0.321 e. The van der Waals surface area contributed by atoms with Crippen LogP contribution in [0.4, 0.5) is 0 Å². The molecule has 0 unspecified atom stereocenters. The summed E-state index contributed by atoms with van der Waals surface area (Å²) in [5.41, 5.74) is -0.579. The molecule has 165 valence electrons. The third kappa shape index (κ3) is 2.67. The molecule has 4 aromatic rings. The van der Waals surface area contributed by atoms with Crippen LogP contribution in [-0.2, 0) is 36.4 Å². The predicted molar refractivity (Wildman–Crippen MR) is 125 cm³/mol. The van der Waals surface area contributed by atoms with Crippen LogP contribution in [0.25, 0.3) is 27.6 Å². The molecule has 0 aliphatic heterocycles. The van der Waals surface area contributed by atoms with Crippen LogP contribution < -0.4 is 0 Å². The topological polar surface area (TPSA) is 30.2 Å². The summed E-state index contributed by atoms with van der Waals surface area (Å²) in [5, 5.41) is 0.190. The van der Waals surface area contributed by atoms with Crippen LogP contribution in [0.3, 0.4) is 0 Å². The Morgan fingerprint density at radius 2 is 1.65 bits per heavy atom. The Balaban J connectivity index is 0.00000353. The molecule has 0 saturated heterocycles. The zero-order chi connectivity index (χ0) is 28.7. The average molecular weight is 599 g/mol. The van der Waals surface area contributed by atoms with E-state index in [1.807, 2.05) is 0 Å². The second-order valence-corrected chi connectivity index (χ2v) is 10.6. The Kier molecular flexibility index (Phi) is 2.97. The first-order valence-electron chi connectivity index (χ1n) is 14.3. The summed E-state index contributed by atoms with van der Waals surface area (Å²) in [6, 6.07) is 2.18. The summed E-state index contributed by atoms with van der Waals surface area (Å²) >= 11 is 0. The van der Waals surface area contributed by atoms with Crippen molar-refractivity contribution >= 4 is 27.6 Å². The monoisotopic (exact) mass is 599 g/mol. The normalized spacial score (nSPS) is 23.1. The van der Waals surface area contributed by atoms with E-state index < -0.39 is 23.1 Å². The molecule has 2 aromatic carbocycles. The summed E-state index contributed by atoms with van der Waals surface area (Å²) in [5.74, 6) is 0.0590. The van der Waals surface area contributed by atoms with Crippen molar-refractivity contribution in [1.29, 1.82) is 0 Å². The molecule has 2 heterocycles. The second kappa shape index (κ2) is 6.39. The third-order valence-electron chi connectivity index (χ3n) is 7.87. The maximum Gasteiger partial charge on any atom is 0.102 e. The van der Waals surface area contributed by atoms with Gasteiger partial charge in [0.1, 0.15) is 5.82 Å². The smallest absolute Gasteiger partial charge is 0.102 e. The molecule has 2 aromatic heterocycles. The van der Waals surface area contributed by atoms with Crippen molar-refractivity contribution in [2.75, 3.05) is 0 Å². The van der Waals surface area contributed by atoms with Gasteiger partial charge < -0.3 is 4.40 Å². The van der Waals surface area contributed by atoms with Gasteiger partial charge in [0.05, 0.1) is 19.4 Å².